The van der Waals surface area contributed by atoms with Crippen LogP contribution in [0.25, 0.3) is 22.0 Å². The fourth-order valence-corrected chi connectivity index (χ4v) is 4.44. The van der Waals surface area contributed by atoms with Crippen LogP contribution in [0.2, 0.25) is 0 Å². The number of aryl methyl sites for hydroxylation is 1. The fraction of sp³-hybridized carbons (Fsp3) is 0.348. The Morgan fingerprint density at radius 3 is 2.51 bits per heavy atom. The van der Waals surface area contributed by atoms with Crippen molar-refractivity contribution in [2.75, 3.05) is 20.4 Å². The van der Waals surface area contributed by atoms with Gasteiger partial charge in [0.25, 0.3) is 5.56 Å². The lowest BCUT2D eigenvalue weighted by molar-refractivity contribution is -0.131. The van der Waals surface area contributed by atoms with Gasteiger partial charge in [-0.15, -0.1) is 5.48 Å². The molecule has 1 aromatic heterocycles. The number of hydrogen-bond donors (Lipinski definition) is 1. The molecule has 10 nitrogen and oxygen atoms in total. The maximum Gasteiger partial charge on any atom is 0.304 e. The van der Waals surface area contributed by atoms with E-state index >= 15 is 0 Å². The van der Waals surface area contributed by atoms with E-state index in [0.29, 0.717) is 27.6 Å². The number of carbonyl (C=O) groups is 1. The SMILES string of the molecule is CON(C)Cc1ccc(-c2ccc3c(=O)n(CC[C@](C)(C(=O)N[OH2+])S(C)(=O)=O)cnc3c2)cc1F. The van der Waals surface area contributed by atoms with Crippen LogP contribution >= 0.6 is 0 Å². The van der Waals surface area contributed by atoms with Crippen molar-refractivity contribution in [1.82, 2.24) is 20.1 Å². The summed E-state index contributed by atoms with van der Waals surface area (Å²) < 4.78 is 38.3. The van der Waals surface area contributed by atoms with Gasteiger partial charge in [0.05, 0.1) is 30.9 Å². The first-order chi connectivity index (χ1) is 16.4. The highest BCUT2D eigenvalue weighted by atomic mass is 32.2. The Balaban J connectivity index is 1.90. The smallest absolute Gasteiger partial charge is 0.304 e. The van der Waals surface area contributed by atoms with Gasteiger partial charge in [-0.3, -0.25) is 14.2 Å². The topological polar surface area (TPSA) is 134 Å². The summed E-state index contributed by atoms with van der Waals surface area (Å²) in [6.07, 6.45) is 1.97. The molecule has 0 spiro atoms. The van der Waals surface area contributed by atoms with Crippen LogP contribution in [-0.2, 0) is 32.6 Å². The maximum atomic E-state index is 14.6. The minimum absolute atomic E-state index is 0.0941. The molecule has 0 radical (unpaired) electrons. The van der Waals surface area contributed by atoms with Gasteiger partial charge in [0.15, 0.2) is 14.6 Å². The third-order valence-electron chi connectivity index (χ3n) is 6.16. The van der Waals surface area contributed by atoms with Crippen LogP contribution in [0.1, 0.15) is 18.9 Å². The molecule has 3 rings (SSSR count). The number of aromatic nitrogens is 2. The molecule has 35 heavy (non-hydrogen) atoms. The third-order valence-corrected chi connectivity index (χ3v) is 8.18. The van der Waals surface area contributed by atoms with E-state index in [1.807, 2.05) is 0 Å². The fourth-order valence-electron chi connectivity index (χ4n) is 3.59. The number of nitrogens with one attached hydrogen (secondary N) is 1. The number of amides is 1. The van der Waals surface area contributed by atoms with Crippen LogP contribution < -0.4 is 11.0 Å². The van der Waals surface area contributed by atoms with Crippen molar-refractivity contribution in [2.45, 2.75) is 31.2 Å². The monoisotopic (exact) mass is 507 g/mol. The normalized spacial score (nSPS) is 13.7. The Kier molecular flexibility index (Phi) is 7.70. The number of hydrogen-bond acceptors (Lipinski definition) is 7. The molecule has 0 bridgehead atoms. The molecule has 1 atom stereocenters. The van der Waals surface area contributed by atoms with Crippen LogP contribution in [0.3, 0.4) is 0 Å². The van der Waals surface area contributed by atoms with Gasteiger partial charge in [0.2, 0.25) is 0 Å². The minimum Gasteiger partial charge on any atom is -0.310 e. The lowest BCUT2D eigenvalue weighted by Gasteiger charge is -2.24. The van der Waals surface area contributed by atoms with Gasteiger partial charge in [-0.25, -0.2) is 17.8 Å². The molecule has 2 aromatic carbocycles. The zero-order chi connectivity index (χ0) is 26.0. The van der Waals surface area contributed by atoms with Crippen molar-refractivity contribution in [3.8, 4) is 11.1 Å². The first-order valence-corrected chi connectivity index (χ1v) is 12.5. The number of benzene rings is 2. The number of carbonyl (C=O) groups excluding carboxylic acids is 1. The van der Waals surface area contributed by atoms with Crippen LogP contribution in [0.4, 0.5) is 4.39 Å². The number of rotatable bonds is 9. The van der Waals surface area contributed by atoms with E-state index in [1.54, 1.807) is 42.9 Å². The first kappa shape index (κ1) is 26.4. The Morgan fingerprint density at radius 1 is 1.26 bits per heavy atom. The van der Waals surface area contributed by atoms with Gasteiger partial charge >= 0.3 is 5.91 Å². The molecule has 0 unspecified atom stereocenters. The van der Waals surface area contributed by atoms with Crippen LogP contribution in [0.5, 0.6) is 0 Å². The molecule has 0 aliphatic rings. The number of halogens is 1. The van der Waals surface area contributed by atoms with E-state index in [9.17, 15) is 22.4 Å². The summed E-state index contributed by atoms with van der Waals surface area (Å²) in [6.45, 7) is 1.40. The van der Waals surface area contributed by atoms with Gasteiger partial charge in [0.1, 0.15) is 5.82 Å². The molecule has 188 valence electrons. The van der Waals surface area contributed by atoms with E-state index in [0.717, 1.165) is 6.26 Å². The molecular weight excluding hydrogens is 479 g/mol. The summed E-state index contributed by atoms with van der Waals surface area (Å²) in [5, 5.41) is 8.85. The summed E-state index contributed by atoms with van der Waals surface area (Å²) in [5.74, 6) is -1.36. The number of fused-ring (bicyclic) bond motifs is 1. The van der Waals surface area contributed by atoms with Crippen LogP contribution in [0, 0.1) is 5.82 Å². The molecule has 3 N–H and O–H groups in total. The summed E-state index contributed by atoms with van der Waals surface area (Å²) >= 11 is 0. The lowest BCUT2D eigenvalue weighted by atomic mass is 10.0. The highest BCUT2D eigenvalue weighted by Crippen LogP contribution is 2.25. The molecule has 1 heterocycles. The van der Waals surface area contributed by atoms with Crippen molar-refractivity contribution in [3.63, 3.8) is 0 Å². The largest absolute Gasteiger partial charge is 0.310 e. The van der Waals surface area contributed by atoms with Crippen molar-refractivity contribution in [3.05, 3.63) is 64.5 Å². The predicted molar refractivity (Wildman–Crippen MR) is 129 cm³/mol. The predicted octanol–water partition coefficient (Wildman–Crippen LogP) is 1.15. The molecule has 0 aliphatic carbocycles. The molecule has 12 heteroatoms. The van der Waals surface area contributed by atoms with E-state index < -0.39 is 26.1 Å². The van der Waals surface area contributed by atoms with Gasteiger partial charge in [-0.05, 0) is 42.7 Å². The zero-order valence-electron chi connectivity index (χ0n) is 19.8. The van der Waals surface area contributed by atoms with Crippen LogP contribution in [0.15, 0.2) is 47.5 Å². The van der Waals surface area contributed by atoms with Gasteiger partial charge in [-0.2, -0.15) is 5.06 Å². The average Bonchev–Trinajstić information content (AvgIpc) is 2.83. The third kappa shape index (κ3) is 5.40. The Bertz CT molecular complexity index is 1430. The summed E-state index contributed by atoms with van der Waals surface area (Å²) in [6, 6.07) is 9.78. The summed E-state index contributed by atoms with van der Waals surface area (Å²) in [7, 11) is -0.664. The highest BCUT2D eigenvalue weighted by Gasteiger charge is 2.44. The zero-order valence-corrected chi connectivity index (χ0v) is 20.6. The maximum absolute atomic E-state index is 14.6. The van der Waals surface area contributed by atoms with Gasteiger partial charge in [-0.1, -0.05) is 18.2 Å². The van der Waals surface area contributed by atoms with Gasteiger partial charge < -0.3 is 10.0 Å². The standard InChI is InChI=1S/C23H27FN4O6S/c1-23(22(30)26-31,35(4,32)33)9-10-28-14-25-20-12-16(7-8-18(20)21(28)29)15-5-6-17(19(24)11-15)13-27(2)34-3/h5-8,11-12,14,31H,9-10,13H2,1-4H3,(H,26,30)/p+1/t23-/m1/s1. The van der Waals surface area contributed by atoms with Gasteiger partial charge in [0, 0.05) is 25.4 Å². The minimum atomic E-state index is -3.86. The van der Waals surface area contributed by atoms with Crippen molar-refractivity contribution in [2.24, 2.45) is 0 Å². The van der Waals surface area contributed by atoms with Crippen LogP contribution in [-0.4, -0.2) is 59.3 Å². The highest BCUT2D eigenvalue weighted by molar-refractivity contribution is 7.92. The van der Waals surface area contributed by atoms with Crippen molar-refractivity contribution in [1.29, 1.82) is 0 Å². The molecule has 0 aliphatic heterocycles. The number of hydroxylamine groups is 3. The second kappa shape index (κ2) is 10.2. The first-order valence-electron chi connectivity index (χ1n) is 10.6. The number of sulfone groups is 1. The van der Waals surface area contributed by atoms with Crippen molar-refractivity contribution >= 4 is 26.6 Å². The average molecular weight is 508 g/mol. The van der Waals surface area contributed by atoms with Crippen molar-refractivity contribution < 1.29 is 27.6 Å². The van der Waals surface area contributed by atoms with E-state index in [2.05, 4.69) is 4.98 Å². The molecule has 0 saturated carbocycles. The Labute approximate surface area is 201 Å². The second-order valence-corrected chi connectivity index (χ2v) is 10.9. The van der Waals surface area contributed by atoms with E-state index in [-0.39, 0.29) is 25.3 Å². The Morgan fingerprint density at radius 2 is 1.91 bits per heavy atom. The summed E-state index contributed by atoms with van der Waals surface area (Å²) in [4.78, 5) is 34.4. The molecule has 0 saturated heterocycles. The number of nitrogens with zero attached hydrogens (tertiary/aromatic N) is 3. The quantitative estimate of drug-likeness (QED) is 0.339. The second-order valence-electron chi connectivity index (χ2n) is 8.46. The van der Waals surface area contributed by atoms with E-state index in [1.165, 1.54) is 36.1 Å². The molecule has 3 aromatic rings. The molecular formula is C23H28FN4O6S+. The molecule has 0 fully saturated rings. The Hall–Kier alpha value is -3.19. The van der Waals surface area contributed by atoms with E-state index in [4.69, 9.17) is 10.0 Å². The lowest BCUT2D eigenvalue weighted by Crippen LogP contribution is -2.50. The molecule has 1 amide bonds. The summed E-state index contributed by atoms with van der Waals surface area (Å²) in [5.41, 5.74) is 3.37.